The van der Waals surface area contributed by atoms with Crippen molar-refractivity contribution in [3.8, 4) is 0 Å². The Hall–Kier alpha value is -1.10. The SMILES string of the molecule is CCOC(=O)c1cc(N)ns1. The van der Waals surface area contributed by atoms with Gasteiger partial charge in [0.15, 0.2) is 0 Å². The number of esters is 1. The lowest BCUT2D eigenvalue weighted by molar-refractivity contribution is 0.0532. The van der Waals surface area contributed by atoms with Crippen LogP contribution in [0.3, 0.4) is 0 Å². The largest absolute Gasteiger partial charge is 0.462 e. The number of nitrogens with two attached hydrogens (primary N) is 1. The van der Waals surface area contributed by atoms with Gasteiger partial charge in [0.05, 0.1) is 6.61 Å². The Labute approximate surface area is 68.1 Å². The Morgan fingerprint density at radius 2 is 2.64 bits per heavy atom. The Morgan fingerprint density at radius 3 is 3.09 bits per heavy atom. The number of nitrogens with zero attached hydrogens (tertiary/aromatic N) is 1. The molecule has 0 radical (unpaired) electrons. The van der Waals surface area contributed by atoms with Crippen LogP contribution >= 0.6 is 11.5 Å². The topological polar surface area (TPSA) is 65.2 Å². The lowest BCUT2D eigenvalue weighted by Crippen LogP contribution is -2.01. The van der Waals surface area contributed by atoms with Gasteiger partial charge in [-0.3, -0.25) is 0 Å². The first kappa shape index (κ1) is 8.00. The summed E-state index contributed by atoms with van der Waals surface area (Å²) >= 11 is 1.05. The van der Waals surface area contributed by atoms with Gasteiger partial charge < -0.3 is 10.5 Å². The molecule has 60 valence electrons. The highest BCUT2D eigenvalue weighted by atomic mass is 32.1. The van der Waals surface area contributed by atoms with Crippen LogP contribution in [0.15, 0.2) is 6.07 Å². The van der Waals surface area contributed by atoms with Crippen molar-refractivity contribution in [2.24, 2.45) is 0 Å². The summed E-state index contributed by atoms with van der Waals surface area (Å²) in [5, 5.41) is 0. The third-order valence-electron chi connectivity index (χ3n) is 1.00. The maximum atomic E-state index is 11.0. The van der Waals surface area contributed by atoms with E-state index in [-0.39, 0.29) is 5.97 Å². The van der Waals surface area contributed by atoms with Crippen LogP contribution in [-0.4, -0.2) is 16.9 Å². The molecule has 0 atom stereocenters. The number of rotatable bonds is 2. The van der Waals surface area contributed by atoms with Gasteiger partial charge in [-0.15, -0.1) is 0 Å². The Balaban J connectivity index is 2.69. The van der Waals surface area contributed by atoms with E-state index >= 15 is 0 Å². The molecule has 0 amide bonds. The van der Waals surface area contributed by atoms with E-state index in [4.69, 9.17) is 10.5 Å². The van der Waals surface area contributed by atoms with Crippen molar-refractivity contribution in [3.63, 3.8) is 0 Å². The molecule has 0 saturated carbocycles. The van der Waals surface area contributed by atoms with Crippen LogP contribution in [0.1, 0.15) is 16.6 Å². The molecular weight excluding hydrogens is 164 g/mol. The number of carbonyl (C=O) groups excluding carboxylic acids is 1. The summed E-state index contributed by atoms with van der Waals surface area (Å²) in [5.41, 5.74) is 5.30. The van der Waals surface area contributed by atoms with Gasteiger partial charge in [-0.1, -0.05) is 0 Å². The lowest BCUT2D eigenvalue weighted by atomic mass is 10.5. The van der Waals surface area contributed by atoms with Crippen LogP contribution in [0.25, 0.3) is 0 Å². The van der Waals surface area contributed by atoms with E-state index in [1.54, 1.807) is 6.92 Å². The summed E-state index contributed by atoms with van der Waals surface area (Å²) in [5.74, 6) is -0.000229. The highest BCUT2D eigenvalue weighted by Crippen LogP contribution is 2.11. The average Bonchev–Trinajstić information content (AvgIpc) is 2.36. The van der Waals surface area contributed by atoms with E-state index in [2.05, 4.69) is 4.37 Å². The molecule has 0 aliphatic carbocycles. The van der Waals surface area contributed by atoms with Crippen molar-refractivity contribution >= 4 is 23.3 Å². The highest BCUT2D eigenvalue weighted by molar-refractivity contribution is 7.08. The minimum atomic E-state index is -0.360. The zero-order valence-corrected chi connectivity index (χ0v) is 6.85. The number of carbonyl (C=O) groups is 1. The first-order valence-corrected chi connectivity index (χ1v) is 3.90. The summed E-state index contributed by atoms with van der Waals surface area (Å²) in [6.45, 7) is 2.12. The zero-order valence-electron chi connectivity index (χ0n) is 6.03. The van der Waals surface area contributed by atoms with Crippen LogP contribution in [0.4, 0.5) is 5.82 Å². The zero-order chi connectivity index (χ0) is 8.27. The fourth-order valence-electron chi connectivity index (χ4n) is 0.587. The van der Waals surface area contributed by atoms with E-state index < -0.39 is 0 Å². The molecule has 1 aromatic heterocycles. The van der Waals surface area contributed by atoms with Crippen LogP contribution in [0.2, 0.25) is 0 Å². The molecule has 11 heavy (non-hydrogen) atoms. The molecule has 0 aliphatic rings. The molecule has 5 heteroatoms. The van der Waals surface area contributed by atoms with Gasteiger partial charge in [0.25, 0.3) is 0 Å². The van der Waals surface area contributed by atoms with Crippen molar-refractivity contribution in [1.82, 2.24) is 4.37 Å². The van der Waals surface area contributed by atoms with Gasteiger partial charge in [0, 0.05) is 6.07 Å². The van der Waals surface area contributed by atoms with E-state index in [0.717, 1.165) is 11.5 Å². The van der Waals surface area contributed by atoms with E-state index in [1.807, 2.05) is 0 Å². The summed E-state index contributed by atoms with van der Waals surface area (Å²) in [6.07, 6.45) is 0. The van der Waals surface area contributed by atoms with Gasteiger partial charge in [-0.25, -0.2) is 4.79 Å². The smallest absolute Gasteiger partial charge is 0.350 e. The predicted octanol–water partition coefficient (Wildman–Crippen LogP) is 0.902. The third kappa shape index (κ3) is 1.91. The molecule has 0 aromatic carbocycles. The number of hydrogen-bond acceptors (Lipinski definition) is 5. The van der Waals surface area contributed by atoms with E-state index in [1.165, 1.54) is 6.07 Å². The summed E-state index contributed by atoms with van der Waals surface area (Å²) < 4.78 is 8.46. The van der Waals surface area contributed by atoms with Crippen LogP contribution in [0, 0.1) is 0 Å². The van der Waals surface area contributed by atoms with Crippen molar-refractivity contribution in [3.05, 3.63) is 10.9 Å². The number of hydrogen-bond donors (Lipinski definition) is 1. The second-order valence-corrected chi connectivity index (χ2v) is 2.64. The Kier molecular flexibility index (Phi) is 2.43. The fourth-order valence-corrected chi connectivity index (χ4v) is 1.15. The maximum Gasteiger partial charge on any atom is 0.350 e. The van der Waals surface area contributed by atoms with E-state index in [9.17, 15) is 4.79 Å². The van der Waals surface area contributed by atoms with Gasteiger partial charge >= 0.3 is 5.97 Å². The molecule has 0 spiro atoms. The number of anilines is 1. The van der Waals surface area contributed by atoms with Crippen LogP contribution in [-0.2, 0) is 4.74 Å². The monoisotopic (exact) mass is 172 g/mol. The van der Waals surface area contributed by atoms with Crippen LogP contribution < -0.4 is 5.73 Å². The molecule has 0 bridgehead atoms. The normalized spacial score (nSPS) is 9.55. The molecule has 2 N–H and O–H groups in total. The third-order valence-corrected chi connectivity index (χ3v) is 1.79. The number of nitrogen functional groups attached to an aromatic ring is 1. The molecule has 0 saturated heterocycles. The molecule has 0 aliphatic heterocycles. The Bertz CT molecular complexity index is 259. The molecule has 0 fully saturated rings. The molecule has 1 rings (SSSR count). The molecule has 4 nitrogen and oxygen atoms in total. The fraction of sp³-hybridized carbons (Fsp3) is 0.333. The second-order valence-electron chi connectivity index (χ2n) is 1.84. The minimum absolute atomic E-state index is 0.359. The summed E-state index contributed by atoms with van der Waals surface area (Å²) in [6, 6.07) is 1.50. The van der Waals surface area contributed by atoms with E-state index in [0.29, 0.717) is 17.3 Å². The highest BCUT2D eigenvalue weighted by Gasteiger charge is 2.08. The average molecular weight is 172 g/mol. The minimum Gasteiger partial charge on any atom is -0.462 e. The second kappa shape index (κ2) is 3.34. The lowest BCUT2D eigenvalue weighted by Gasteiger charge is -1.94. The van der Waals surface area contributed by atoms with Crippen molar-refractivity contribution < 1.29 is 9.53 Å². The summed E-state index contributed by atoms with van der Waals surface area (Å²) in [7, 11) is 0. The van der Waals surface area contributed by atoms with Gasteiger partial charge in [-0.05, 0) is 18.5 Å². The van der Waals surface area contributed by atoms with Crippen LogP contribution in [0.5, 0.6) is 0 Å². The Morgan fingerprint density at radius 1 is 1.91 bits per heavy atom. The summed E-state index contributed by atoms with van der Waals surface area (Å²) in [4.78, 5) is 11.4. The molecule has 1 heterocycles. The first-order chi connectivity index (χ1) is 5.24. The molecule has 1 aromatic rings. The molecule has 0 unspecified atom stereocenters. The maximum absolute atomic E-state index is 11.0. The van der Waals surface area contributed by atoms with Gasteiger partial charge in [0.2, 0.25) is 0 Å². The standard InChI is InChI=1S/C6H8N2O2S/c1-2-10-6(9)4-3-5(7)8-11-4/h3H,2H2,1H3,(H2,7,8). The quantitative estimate of drug-likeness (QED) is 0.673. The van der Waals surface area contributed by atoms with Crippen molar-refractivity contribution in [1.29, 1.82) is 0 Å². The number of aromatic nitrogens is 1. The van der Waals surface area contributed by atoms with Crippen molar-refractivity contribution in [2.45, 2.75) is 6.92 Å². The predicted molar refractivity (Wildman–Crippen MR) is 42.5 cm³/mol. The van der Waals surface area contributed by atoms with Gasteiger partial charge in [-0.2, -0.15) is 4.37 Å². The van der Waals surface area contributed by atoms with Crippen molar-refractivity contribution in [2.75, 3.05) is 12.3 Å². The first-order valence-electron chi connectivity index (χ1n) is 3.13. The van der Waals surface area contributed by atoms with Gasteiger partial charge in [0.1, 0.15) is 10.7 Å². The number of ether oxygens (including phenoxy) is 1. The molecular formula is C6H8N2O2S.